The number of nitrogen functional groups attached to an aromatic ring is 1. The van der Waals surface area contributed by atoms with Gasteiger partial charge >= 0.3 is 6.18 Å². The number of ether oxygens (including phenoxy) is 1. The summed E-state index contributed by atoms with van der Waals surface area (Å²) in [4.78, 5) is 0. The molecule has 1 atom stereocenters. The fourth-order valence-corrected chi connectivity index (χ4v) is 1.76. The molecule has 2 aromatic rings. The first-order chi connectivity index (χ1) is 9.36. The Bertz CT molecular complexity index is 561. The van der Waals surface area contributed by atoms with Crippen molar-refractivity contribution in [1.29, 1.82) is 0 Å². The van der Waals surface area contributed by atoms with Crippen LogP contribution in [-0.4, -0.2) is 0 Å². The van der Waals surface area contributed by atoms with E-state index in [1.165, 1.54) is 12.1 Å². The van der Waals surface area contributed by atoms with Crippen LogP contribution in [0.3, 0.4) is 0 Å². The second-order valence-electron chi connectivity index (χ2n) is 4.45. The van der Waals surface area contributed by atoms with E-state index in [0.29, 0.717) is 17.0 Å². The maximum atomic E-state index is 12.5. The summed E-state index contributed by atoms with van der Waals surface area (Å²) < 4.78 is 43.0. The van der Waals surface area contributed by atoms with Crippen molar-refractivity contribution in [3.8, 4) is 5.75 Å². The Kier molecular flexibility index (Phi) is 3.88. The number of alkyl halides is 3. The molecule has 2 aromatic carbocycles. The van der Waals surface area contributed by atoms with Crippen LogP contribution in [0.15, 0.2) is 48.5 Å². The summed E-state index contributed by atoms with van der Waals surface area (Å²) in [6.07, 6.45) is -4.67. The van der Waals surface area contributed by atoms with Gasteiger partial charge in [-0.1, -0.05) is 12.1 Å². The first kappa shape index (κ1) is 14.2. The largest absolute Gasteiger partial charge is 0.486 e. The molecular weight excluding hydrogens is 267 g/mol. The number of nitrogens with two attached hydrogens (primary N) is 1. The number of benzene rings is 2. The smallest absolute Gasteiger partial charge is 0.416 e. The number of halogens is 3. The minimum absolute atomic E-state index is 0.346. The van der Waals surface area contributed by atoms with Gasteiger partial charge in [-0.15, -0.1) is 0 Å². The lowest BCUT2D eigenvalue weighted by Crippen LogP contribution is -2.07. The molecule has 2 N–H and O–H groups in total. The van der Waals surface area contributed by atoms with Gasteiger partial charge in [-0.2, -0.15) is 13.2 Å². The molecule has 0 aliphatic heterocycles. The molecule has 0 heterocycles. The van der Waals surface area contributed by atoms with Crippen LogP contribution in [0.25, 0.3) is 0 Å². The Morgan fingerprint density at radius 3 is 2.00 bits per heavy atom. The van der Waals surface area contributed by atoms with Gasteiger partial charge in [-0.3, -0.25) is 0 Å². The van der Waals surface area contributed by atoms with E-state index in [1.807, 2.05) is 0 Å². The van der Waals surface area contributed by atoms with Crippen LogP contribution in [0.1, 0.15) is 24.2 Å². The fraction of sp³-hybridized carbons (Fsp3) is 0.200. The van der Waals surface area contributed by atoms with E-state index < -0.39 is 11.7 Å². The fourth-order valence-electron chi connectivity index (χ4n) is 1.76. The van der Waals surface area contributed by atoms with Crippen LogP contribution in [-0.2, 0) is 6.18 Å². The van der Waals surface area contributed by atoms with Gasteiger partial charge in [0, 0.05) is 5.69 Å². The van der Waals surface area contributed by atoms with Gasteiger partial charge in [0.05, 0.1) is 5.56 Å². The van der Waals surface area contributed by atoms with Crippen LogP contribution in [0, 0.1) is 0 Å². The average Bonchev–Trinajstić information content (AvgIpc) is 2.40. The van der Waals surface area contributed by atoms with Crippen LogP contribution in [0.2, 0.25) is 0 Å². The minimum atomic E-state index is -4.32. The topological polar surface area (TPSA) is 35.2 Å². The molecule has 1 unspecified atom stereocenters. The molecule has 0 saturated heterocycles. The van der Waals surface area contributed by atoms with Gasteiger partial charge in [-0.05, 0) is 48.9 Å². The summed E-state index contributed by atoms with van der Waals surface area (Å²) in [6, 6.07) is 11.8. The number of hydrogen-bond acceptors (Lipinski definition) is 2. The Balaban J connectivity index is 2.09. The second kappa shape index (κ2) is 5.45. The standard InChI is InChI=1S/C15H14F3NO/c1-10(20-14-8-6-13(19)7-9-14)11-2-4-12(5-3-11)15(16,17)18/h2-10H,19H2,1H3. The van der Waals surface area contributed by atoms with Crippen LogP contribution in [0.4, 0.5) is 18.9 Å². The molecule has 0 aliphatic carbocycles. The molecule has 0 fully saturated rings. The molecule has 2 nitrogen and oxygen atoms in total. The zero-order chi connectivity index (χ0) is 14.8. The monoisotopic (exact) mass is 281 g/mol. The molecule has 20 heavy (non-hydrogen) atoms. The highest BCUT2D eigenvalue weighted by Gasteiger charge is 2.30. The molecule has 0 aliphatic rings. The molecule has 2 rings (SSSR count). The maximum absolute atomic E-state index is 12.5. The van der Waals surface area contributed by atoms with Crippen LogP contribution < -0.4 is 10.5 Å². The van der Waals surface area contributed by atoms with Crippen molar-refractivity contribution >= 4 is 5.69 Å². The molecule has 106 valence electrons. The van der Waals surface area contributed by atoms with Crippen molar-refractivity contribution in [3.63, 3.8) is 0 Å². The van der Waals surface area contributed by atoms with Crippen molar-refractivity contribution < 1.29 is 17.9 Å². The molecule has 0 saturated carbocycles. The van der Waals surface area contributed by atoms with E-state index in [9.17, 15) is 13.2 Å². The van der Waals surface area contributed by atoms with Crippen molar-refractivity contribution in [1.82, 2.24) is 0 Å². The number of anilines is 1. The first-order valence-electron chi connectivity index (χ1n) is 6.05. The molecule has 0 bridgehead atoms. The second-order valence-corrected chi connectivity index (χ2v) is 4.45. The summed E-state index contributed by atoms with van der Waals surface area (Å²) in [5, 5.41) is 0. The van der Waals surface area contributed by atoms with E-state index in [-0.39, 0.29) is 6.10 Å². The van der Waals surface area contributed by atoms with Crippen molar-refractivity contribution in [2.24, 2.45) is 0 Å². The molecule has 0 radical (unpaired) electrons. The summed E-state index contributed by atoms with van der Waals surface area (Å²) >= 11 is 0. The Labute approximate surface area is 115 Å². The number of hydrogen-bond donors (Lipinski definition) is 1. The Hall–Kier alpha value is -2.17. The van der Waals surface area contributed by atoms with Crippen LogP contribution >= 0.6 is 0 Å². The van der Waals surface area contributed by atoms with Gasteiger partial charge in [0.2, 0.25) is 0 Å². The summed E-state index contributed by atoms with van der Waals surface area (Å²) in [7, 11) is 0. The average molecular weight is 281 g/mol. The lowest BCUT2D eigenvalue weighted by Gasteiger charge is -2.16. The van der Waals surface area contributed by atoms with Gasteiger partial charge < -0.3 is 10.5 Å². The highest BCUT2D eigenvalue weighted by atomic mass is 19.4. The third kappa shape index (κ3) is 3.44. The molecule has 0 amide bonds. The van der Waals surface area contributed by atoms with Crippen LogP contribution in [0.5, 0.6) is 5.75 Å². The molecule has 5 heteroatoms. The summed E-state index contributed by atoms with van der Waals surface area (Å²) in [6.45, 7) is 1.78. The lowest BCUT2D eigenvalue weighted by atomic mass is 10.1. The third-order valence-corrected chi connectivity index (χ3v) is 2.90. The van der Waals surface area contributed by atoms with Gasteiger partial charge in [0.25, 0.3) is 0 Å². The molecule has 0 aromatic heterocycles. The lowest BCUT2D eigenvalue weighted by molar-refractivity contribution is -0.137. The number of rotatable bonds is 3. The first-order valence-corrected chi connectivity index (χ1v) is 6.05. The van der Waals surface area contributed by atoms with Crippen molar-refractivity contribution in [2.75, 3.05) is 5.73 Å². The SMILES string of the molecule is CC(Oc1ccc(N)cc1)c1ccc(C(F)(F)F)cc1. The zero-order valence-electron chi connectivity index (χ0n) is 10.8. The molecule has 0 spiro atoms. The van der Waals surface area contributed by atoms with Crippen molar-refractivity contribution in [2.45, 2.75) is 19.2 Å². The van der Waals surface area contributed by atoms with E-state index in [0.717, 1.165) is 12.1 Å². The summed E-state index contributed by atoms with van der Waals surface area (Å²) in [5.74, 6) is 0.617. The Morgan fingerprint density at radius 2 is 1.50 bits per heavy atom. The summed E-state index contributed by atoms with van der Waals surface area (Å²) in [5.41, 5.74) is 6.20. The van der Waals surface area contributed by atoms with E-state index in [2.05, 4.69) is 0 Å². The molecular formula is C15H14F3NO. The van der Waals surface area contributed by atoms with Crippen molar-refractivity contribution in [3.05, 3.63) is 59.7 Å². The van der Waals surface area contributed by atoms with E-state index in [4.69, 9.17) is 10.5 Å². The predicted molar refractivity (Wildman–Crippen MR) is 71.3 cm³/mol. The van der Waals surface area contributed by atoms with E-state index >= 15 is 0 Å². The van der Waals surface area contributed by atoms with Gasteiger partial charge in [0.15, 0.2) is 0 Å². The normalized spacial score (nSPS) is 13.0. The van der Waals surface area contributed by atoms with Gasteiger partial charge in [0.1, 0.15) is 11.9 Å². The maximum Gasteiger partial charge on any atom is 0.416 e. The quantitative estimate of drug-likeness (QED) is 0.845. The van der Waals surface area contributed by atoms with Gasteiger partial charge in [-0.25, -0.2) is 0 Å². The Morgan fingerprint density at radius 1 is 0.950 bits per heavy atom. The highest BCUT2D eigenvalue weighted by molar-refractivity contribution is 5.41. The third-order valence-electron chi connectivity index (χ3n) is 2.90. The minimum Gasteiger partial charge on any atom is -0.486 e. The predicted octanol–water partition coefficient (Wildman–Crippen LogP) is 4.43. The van der Waals surface area contributed by atoms with E-state index in [1.54, 1.807) is 31.2 Å². The highest BCUT2D eigenvalue weighted by Crippen LogP contribution is 2.30. The zero-order valence-corrected chi connectivity index (χ0v) is 10.8.